The summed E-state index contributed by atoms with van der Waals surface area (Å²) in [7, 11) is 0. The van der Waals surface area contributed by atoms with Gasteiger partial charge < -0.3 is 0 Å². The highest BCUT2D eigenvalue weighted by atomic mass is 32.2. The van der Waals surface area contributed by atoms with Gasteiger partial charge in [-0.25, -0.2) is 9.78 Å². The van der Waals surface area contributed by atoms with Crippen LogP contribution >= 0.6 is 11.8 Å². The number of benzene rings is 1. The standard InChI is InChI=1S/C15H12N4O3S/c1-10-6-7-18-13(8-10)16-14(17-15(18)20)23-9-11-2-4-12(5-3-11)19(21)22/h2-8H,9H2,1H3. The smallest absolute Gasteiger partial charge is 0.258 e. The third-order valence-corrected chi connectivity index (χ3v) is 4.13. The molecule has 0 unspecified atom stereocenters. The van der Waals surface area contributed by atoms with Crippen molar-refractivity contribution in [3.8, 4) is 0 Å². The molecule has 0 aliphatic rings. The summed E-state index contributed by atoms with van der Waals surface area (Å²) in [6.45, 7) is 1.93. The first-order chi connectivity index (χ1) is 11.0. The highest BCUT2D eigenvalue weighted by Crippen LogP contribution is 2.20. The number of nitro groups is 1. The Hall–Kier alpha value is -2.74. The molecule has 3 rings (SSSR count). The normalized spacial score (nSPS) is 10.8. The van der Waals surface area contributed by atoms with Gasteiger partial charge in [0.25, 0.3) is 5.69 Å². The van der Waals surface area contributed by atoms with Crippen molar-refractivity contribution >= 4 is 23.1 Å². The quantitative estimate of drug-likeness (QED) is 0.415. The Labute approximate surface area is 135 Å². The minimum Gasteiger partial charge on any atom is -0.258 e. The lowest BCUT2D eigenvalue weighted by Crippen LogP contribution is -2.19. The van der Waals surface area contributed by atoms with Gasteiger partial charge in [-0.15, -0.1) is 0 Å². The first-order valence-corrected chi connectivity index (χ1v) is 7.75. The van der Waals surface area contributed by atoms with E-state index in [1.54, 1.807) is 18.3 Å². The van der Waals surface area contributed by atoms with Crippen LogP contribution in [0.1, 0.15) is 11.1 Å². The van der Waals surface area contributed by atoms with Crippen molar-refractivity contribution < 1.29 is 4.92 Å². The van der Waals surface area contributed by atoms with Crippen molar-refractivity contribution in [3.05, 3.63) is 74.3 Å². The molecule has 0 aliphatic carbocycles. The van der Waals surface area contributed by atoms with Gasteiger partial charge in [-0.3, -0.25) is 14.5 Å². The summed E-state index contributed by atoms with van der Waals surface area (Å²) in [4.78, 5) is 30.5. The van der Waals surface area contributed by atoms with Crippen LogP contribution in [0.4, 0.5) is 5.69 Å². The van der Waals surface area contributed by atoms with Crippen molar-refractivity contribution in [2.75, 3.05) is 0 Å². The molecule has 116 valence electrons. The van der Waals surface area contributed by atoms with Gasteiger partial charge in [0.05, 0.1) is 4.92 Å². The van der Waals surface area contributed by atoms with Crippen molar-refractivity contribution in [1.82, 2.24) is 14.4 Å². The number of thioether (sulfide) groups is 1. The molecule has 7 nitrogen and oxygen atoms in total. The number of hydrogen-bond acceptors (Lipinski definition) is 6. The molecule has 0 bridgehead atoms. The van der Waals surface area contributed by atoms with Crippen LogP contribution < -0.4 is 5.69 Å². The van der Waals surface area contributed by atoms with E-state index in [-0.39, 0.29) is 11.4 Å². The molecule has 2 heterocycles. The summed E-state index contributed by atoms with van der Waals surface area (Å²) in [6.07, 6.45) is 1.65. The predicted octanol–water partition coefficient (Wildman–Crippen LogP) is 2.60. The summed E-state index contributed by atoms with van der Waals surface area (Å²) in [5, 5.41) is 11.0. The summed E-state index contributed by atoms with van der Waals surface area (Å²) < 4.78 is 1.39. The fourth-order valence-electron chi connectivity index (χ4n) is 2.02. The third kappa shape index (κ3) is 3.37. The number of pyridine rings is 1. The lowest BCUT2D eigenvalue weighted by molar-refractivity contribution is -0.384. The minimum atomic E-state index is -0.438. The Morgan fingerprint density at radius 3 is 2.65 bits per heavy atom. The van der Waals surface area contributed by atoms with Crippen LogP contribution in [-0.4, -0.2) is 19.3 Å². The van der Waals surface area contributed by atoms with Gasteiger partial charge in [0.15, 0.2) is 5.16 Å². The number of non-ortho nitro benzene ring substituents is 1. The molecule has 0 spiro atoms. The Kier molecular flexibility index (Phi) is 4.07. The van der Waals surface area contributed by atoms with Gasteiger partial charge in [0.1, 0.15) is 5.65 Å². The Morgan fingerprint density at radius 1 is 1.22 bits per heavy atom. The summed E-state index contributed by atoms with van der Waals surface area (Å²) in [6, 6.07) is 9.91. The summed E-state index contributed by atoms with van der Waals surface area (Å²) in [5.74, 6) is 0.527. The zero-order chi connectivity index (χ0) is 16.4. The van der Waals surface area contributed by atoms with Gasteiger partial charge in [-0.1, -0.05) is 23.9 Å². The minimum absolute atomic E-state index is 0.0504. The van der Waals surface area contributed by atoms with E-state index < -0.39 is 4.92 Å². The maximum absolute atomic E-state index is 12.0. The molecule has 0 amide bonds. The lowest BCUT2D eigenvalue weighted by Gasteiger charge is -2.04. The molecular formula is C15H12N4O3S. The average Bonchev–Trinajstić information content (AvgIpc) is 2.53. The Balaban J connectivity index is 1.81. The second-order valence-electron chi connectivity index (χ2n) is 4.93. The van der Waals surface area contributed by atoms with Crippen molar-refractivity contribution in [3.63, 3.8) is 0 Å². The van der Waals surface area contributed by atoms with Gasteiger partial charge in [0.2, 0.25) is 0 Å². The summed E-state index contributed by atoms with van der Waals surface area (Å²) in [5.41, 5.74) is 2.13. The van der Waals surface area contributed by atoms with Crippen LogP contribution in [0.5, 0.6) is 0 Å². The monoisotopic (exact) mass is 328 g/mol. The van der Waals surface area contributed by atoms with E-state index in [0.717, 1.165) is 11.1 Å². The van der Waals surface area contributed by atoms with Gasteiger partial charge >= 0.3 is 5.69 Å². The van der Waals surface area contributed by atoms with Crippen LogP contribution in [0.2, 0.25) is 0 Å². The number of hydrogen-bond donors (Lipinski definition) is 0. The maximum Gasteiger partial charge on any atom is 0.355 e. The summed E-state index contributed by atoms with van der Waals surface area (Å²) >= 11 is 1.32. The predicted molar refractivity (Wildman–Crippen MR) is 86.7 cm³/mol. The first kappa shape index (κ1) is 15.2. The van der Waals surface area contributed by atoms with Crippen molar-refractivity contribution in [1.29, 1.82) is 0 Å². The zero-order valence-electron chi connectivity index (χ0n) is 12.2. The van der Waals surface area contributed by atoms with Crippen LogP contribution in [0.25, 0.3) is 5.65 Å². The molecule has 23 heavy (non-hydrogen) atoms. The topological polar surface area (TPSA) is 90.4 Å². The number of fused-ring (bicyclic) bond motifs is 1. The van der Waals surface area contributed by atoms with Gasteiger partial charge in [-0.2, -0.15) is 4.98 Å². The Bertz CT molecular complexity index is 938. The van der Waals surface area contributed by atoms with Crippen molar-refractivity contribution in [2.45, 2.75) is 17.8 Å². The second-order valence-corrected chi connectivity index (χ2v) is 5.88. The van der Waals surface area contributed by atoms with E-state index in [4.69, 9.17) is 0 Å². The number of rotatable bonds is 4. The first-order valence-electron chi connectivity index (χ1n) is 6.76. The van der Waals surface area contributed by atoms with E-state index in [2.05, 4.69) is 9.97 Å². The fraction of sp³-hybridized carbons (Fsp3) is 0.133. The van der Waals surface area contributed by atoms with Crippen molar-refractivity contribution in [2.24, 2.45) is 0 Å². The molecule has 0 saturated carbocycles. The largest absolute Gasteiger partial charge is 0.355 e. The third-order valence-electron chi connectivity index (χ3n) is 3.21. The van der Waals surface area contributed by atoms with Crippen LogP contribution in [0.15, 0.2) is 52.5 Å². The lowest BCUT2D eigenvalue weighted by atomic mass is 10.2. The molecule has 0 radical (unpaired) electrons. The fourth-order valence-corrected chi connectivity index (χ4v) is 2.81. The molecule has 0 N–H and O–H groups in total. The van der Waals surface area contributed by atoms with Crippen LogP contribution in [0, 0.1) is 17.0 Å². The second kappa shape index (κ2) is 6.17. The molecule has 0 fully saturated rings. The van der Waals surface area contributed by atoms with E-state index in [1.165, 1.54) is 28.3 Å². The molecular weight excluding hydrogens is 316 g/mol. The van der Waals surface area contributed by atoms with Crippen LogP contribution in [-0.2, 0) is 5.75 Å². The molecule has 8 heteroatoms. The molecule has 1 aromatic carbocycles. The van der Waals surface area contributed by atoms with E-state index in [1.807, 2.05) is 19.1 Å². The highest BCUT2D eigenvalue weighted by Gasteiger charge is 2.07. The number of nitro benzene ring substituents is 1. The van der Waals surface area contributed by atoms with Crippen LogP contribution in [0.3, 0.4) is 0 Å². The molecule has 0 aliphatic heterocycles. The highest BCUT2D eigenvalue weighted by molar-refractivity contribution is 7.98. The molecule has 3 aromatic rings. The molecule has 2 aromatic heterocycles. The van der Waals surface area contributed by atoms with E-state index in [9.17, 15) is 14.9 Å². The SMILES string of the molecule is Cc1ccn2c(=O)nc(SCc3ccc([N+](=O)[O-])cc3)nc2c1. The molecule has 0 saturated heterocycles. The number of aromatic nitrogens is 3. The zero-order valence-corrected chi connectivity index (χ0v) is 13.0. The average molecular weight is 328 g/mol. The van der Waals surface area contributed by atoms with E-state index in [0.29, 0.717) is 16.6 Å². The Morgan fingerprint density at radius 2 is 1.96 bits per heavy atom. The number of nitrogens with zero attached hydrogens (tertiary/aromatic N) is 4. The molecule has 0 atom stereocenters. The van der Waals surface area contributed by atoms with E-state index >= 15 is 0 Å². The number of aryl methyl sites for hydroxylation is 1. The van der Waals surface area contributed by atoms with Gasteiger partial charge in [0, 0.05) is 24.1 Å². The maximum atomic E-state index is 12.0. The van der Waals surface area contributed by atoms with Gasteiger partial charge in [-0.05, 0) is 30.2 Å².